The summed E-state index contributed by atoms with van der Waals surface area (Å²) in [5.74, 6) is 0.347. The molecule has 22 heavy (non-hydrogen) atoms. The van der Waals surface area contributed by atoms with Crippen molar-refractivity contribution in [3.05, 3.63) is 35.9 Å². The predicted octanol–water partition coefficient (Wildman–Crippen LogP) is 2.77. The molecule has 1 fully saturated rings. The molecule has 122 valence electrons. The van der Waals surface area contributed by atoms with Crippen LogP contribution in [0.4, 0.5) is 0 Å². The van der Waals surface area contributed by atoms with Crippen molar-refractivity contribution in [2.45, 2.75) is 45.3 Å². The first-order valence-corrected chi connectivity index (χ1v) is 8.03. The first kappa shape index (κ1) is 17.0. The summed E-state index contributed by atoms with van der Waals surface area (Å²) in [5, 5.41) is 9.23. The minimum atomic E-state index is -0.563. The zero-order valence-corrected chi connectivity index (χ0v) is 13.8. The van der Waals surface area contributed by atoms with E-state index < -0.39 is 6.10 Å². The SMILES string of the molecule is CC(C)(C)OC(C(=O)N1CCC(CO)CC1)c1ccccc1. The third kappa shape index (κ3) is 4.55. The maximum absolute atomic E-state index is 12.9. The molecule has 0 radical (unpaired) electrons. The Labute approximate surface area is 133 Å². The van der Waals surface area contributed by atoms with Crippen LogP contribution in [-0.2, 0) is 9.53 Å². The number of benzene rings is 1. The number of ether oxygens (including phenoxy) is 1. The van der Waals surface area contributed by atoms with Crippen LogP contribution in [0.3, 0.4) is 0 Å². The Kier molecular flexibility index (Phi) is 5.59. The number of aliphatic hydroxyl groups excluding tert-OH is 1. The molecule has 0 aromatic heterocycles. The number of nitrogens with zero attached hydrogens (tertiary/aromatic N) is 1. The van der Waals surface area contributed by atoms with Gasteiger partial charge in [-0.05, 0) is 45.1 Å². The maximum Gasteiger partial charge on any atom is 0.256 e. The molecule has 1 atom stereocenters. The lowest BCUT2D eigenvalue weighted by molar-refractivity contribution is -0.155. The normalized spacial score (nSPS) is 18.3. The molecule has 1 aromatic rings. The Balaban J connectivity index is 2.13. The van der Waals surface area contributed by atoms with Crippen LogP contribution in [0, 0.1) is 5.92 Å². The van der Waals surface area contributed by atoms with Crippen molar-refractivity contribution in [3.63, 3.8) is 0 Å². The Bertz CT molecular complexity index is 473. The van der Waals surface area contributed by atoms with Gasteiger partial charge in [0.25, 0.3) is 5.91 Å². The van der Waals surface area contributed by atoms with Gasteiger partial charge in [0.1, 0.15) is 0 Å². The van der Waals surface area contributed by atoms with E-state index in [2.05, 4.69) is 0 Å². The molecular formula is C18H27NO3. The number of aliphatic hydroxyl groups is 1. The van der Waals surface area contributed by atoms with Gasteiger partial charge >= 0.3 is 0 Å². The summed E-state index contributed by atoms with van der Waals surface area (Å²) in [6.45, 7) is 7.50. The molecule has 1 aliphatic heterocycles. The molecule has 1 N–H and O–H groups in total. The maximum atomic E-state index is 12.9. The van der Waals surface area contributed by atoms with E-state index in [0.29, 0.717) is 19.0 Å². The van der Waals surface area contributed by atoms with Crippen molar-refractivity contribution >= 4 is 5.91 Å². The van der Waals surface area contributed by atoms with Gasteiger partial charge < -0.3 is 14.7 Å². The predicted molar refractivity (Wildman–Crippen MR) is 86.4 cm³/mol. The van der Waals surface area contributed by atoms with E-state index in [0.717, 1.165) is 18.4 Å². The largest absolute Gasteiger partial charge is 0.396 e. The van der Waals surface area contributed by atoms with Crippen molar-refractivity contribution in [1.82, 2.24) is 4.90 Å². The number of carbonyl (C=O) groups is 1. The van der Waals surface area contributed by atoms with Crippen LogP contribution in [0.25, 0.3) is 0 Å². The molecule has 0 bridgehead atoms. The quantitative estimate of drug-likeness (QED) is 0.930. The van der Waals surface area contributed by atoms with Crippen molar-refractivity contribution < 1.29 is 14.6 Å². The number of amides is 1. The van der Waals surface area contributed by atoms with Gasteiger partial charge in [0.2, 0.25) is 0 Å². The van der Waals surface area contributed by atoms with Crippen LogP contribution < -0.4 is 0 Å². The smallest absolute Gasteiger partial charge is 0.256 e. The number of rotatable bonds is 4. The summed E-state index contributed by atoms with van der Waals surface area (Å²) < 4.78 is 6.05. The summed E-state index contributed by atoms with van der Waals surface area (Å²) in [5.41, 5.74) is 0.506. The highest BCUT2D eigenvalue weighted by Gasteiger charge is 2.32. The summed E-state index contributed by atoms with van der Waals surface area (Å²) in [7, 11) is 0. The number of hydrogen-bond donors (Lipinski definition) is 1. The average Bonchev–Trinajstić information content (AvgIpc) is 2.52. The van der Waals surface area contributed by atoms with Gasteiger partial charge in [-0.1, -0.05) is 30.3 Å². The van der Waals surface area contributed by atoms with Gasteiger partial charge in [-0.15, -0.1) is 0 Å². The number of carbonyl (C=O) groups excluding carboxylic acids is 1. The lowest BCUT2D eigenvalue weighted by atomic mass is 9.97. The summed E-state index contributed by atoms with van der Waals surface area (Å²) in [6, 6.07) is 9.68. The van der Waals surface area contributed by atoms with Gasteiger partial charge in [-0.3, -0.25) is 4.79 Å². The highest BCUT2D eigenvalue weighted by molar-refractivity contribution is 5.82. The first-order valence-electron chi connectivity index (χ1n) is 8.03. The molecule has 1 aliphatic rings. The minimum absolute atomic E-state index is 0.0255. The first-order chi connectivity index (χ1) is 10.4. The van der Waals surface area contributed by atoms with Gasteiger partial charge in [0.15, 0.2) is 6.10 Å². The molecule has 1 aromatic carbocycles. The Hall–Kier alpha value is -1.39. The Morgan fingerprint density at radius 2 is 1.86 bits per heavy atom. The van der Waals surface area contributed by atoms with Crippen molar-refractivity contribution in [3.8, 4) is 0 Å². The van der Waals surface area contributed by atoms with E-state index in [1.807, 2.05) is 56.0 Å². The van der Waals surface area contributed by atoms with E-state index in [-0.39, 0.29) is 18.1 Å². The molecule has 1 heterocycles. The summed E-state index contributed by atoms with van der Waals surface area (Å²) in [4.78, 5) is 14.8. The molecule has 2 rings (SSSR count). The molecule has 1 saturated heterocycles. The summed E-state index contributed by atoms with van der Waals surface area (Å²) in [6.07, 6.45) is 1.16. The fourth-order valence-electron chi connectivity index (χ4n) is 2.74. The third-order valence-electron chi connectivity index (χ3n) is 3.98. The van der Waals surface area contributed by atoms with Crippen LogP contribution in [0.1, 0.15) is 45.3 Å². The lowest BCUT2D eigenvalue weighted by Crippen LogP contribution is -2.43. The second kappa shape index (κ2) is 7.25. The Morgan fingerprint density at radius 1 is 1.27 bits per heavy atom. The highest BCUT2D eigenvalue weighted by Crippen LogP contribution is 2.28. The Morgan fingerprint density at radius 3 is 2.36 bits per heavy atom. The number of piperidine rings is 1. The molecule has 0 spiro atoms. The summed E-state index contributed by atoms with van der Waals surface area (Å²) >= 11 is 0. The molecule has 1 unspecified atom stereocenters. The topological polar surface area (TPSA) is 49.8 Å². The fraction of sp³-hybridized carbons (Fsp3) is 0.611. The van der Waals surface area contributed by atoms with Crippen LogP contribution in [-0.4, -0.2) is 41.2 Å². The van der Waals surface area contributed by atoms with Crippen molar-refractivity contribution in [2.24, 2.45) is 5.92 Å². The molecule has 4 heteroatoms. The zero-order chi connectivity index (χ0) is 16.2. The lowest BCUT2D eigenvalue weighted by Gasteiger charge is -2.35. The zero-order valence-electron chi connectivity index (χ0n) is 13.8. The van der Waals surface area contributed by atoms with E-state index in [4.69, 9.17) is 4.74 Å². The number of hydrogen-bond acceptors (Lipinski definition) is 3. The average molecular weight is 305 g/mol. The van der Waals surface area contributed by atoms with Gasteiger partial charge in [0.05, 0.1) is 5.60 Å². The van der Waals surface area contributed by atoms with Crippen LogP contribution in [0.15, 0.2) is 30.3 Å². The van der Waals surface area contributed by atoms with Crippen molar-refractivity contribution in [1.29, 1.82) is 0 Å². The van der Waals surface area contributed by atoms with Crippen LogP contribution >= 0.6 is 0 Å². The minimum Gasteiger partial charge on any atom is -0.396 e. The van der Waals surface area contributed by atoms with Gasteiger partial charge in [0, 0.05) is 19.7 Å². The standard InChI is InChI=1S/C18H27NO3/c1-18(2,3)22-16(15-7-5-4-6-8-15)17(21)19-11-9-14(13-20)10-12-19/h4-8,14,16,20H,9-13H2,1-3H3. The molecule has 4 nitrogen and oxygen atoms in total. The molecule has 0 aliphatic carbocycles. The molecule has 1 amide bonds. The van der Waals surface area contributed by atoms with Crippen molar-refractivity contribution in [2.75, 3.05) is 19.7 Å². The van der Waals surface area contributed by atoms with Gasteiger partial charge in [-0.2, -0.15) is 0 Å². The number of likely N-dealkylation sites (tertiary alicyclic amines) is 1. The van der Waals surface area contributed by atoms with E-state index in [9.17, 15) is 9.90 Å². The van der Waals surface area contributed by atoms with E-state index in [1.54, 1.807) is 0 Å². The monoisotopic (exact) mass is 305 g/mol. The second-order valence-corrected chi connectivity index (χ2v) is 6.97. The van der Waals surface area contributed by atoms with Gasteiger partial charge in [-0.25, -0.2) is 0 Å². The highest BCUT2D eigenvalue weighted by atomic mass is 16.5. The van der Waals surface area contributed by atoms with E-state index in [1.165, 1.54) is 0 Å². The van der Waals surface area contributed by atoms with Crippen LogP contribution in [0.5, 0.6) is 0 Å². The van der Waals surface area contributed by atoms with Crippen LogP contribution in [0.2, 0.25) is 0 Å². The fourth-order valence-corrected chi connectivity index (χ4v) is 2.74. The third-order valence-corrected chi connectivity index (χ3v) is 3.98. The molecule has 0 saturated carbocycles. The van der Waals surface area contributed by atoms with E-state index >= 15 is 0 Å². The second-order valence-electron chi connectivity index (χ2n) is 6.97. The molecular weight excluding hydrogens is 278 g/mol.